The third-order valence-corrected chi connectivity index (χ3v) is 5.66. The van der Waals surface area contributed by atoms with Crippen molar-refractivity contribution in [2.24, 2.45) is 5.10 Å². The molecule has 33 heavy (non-hydrogen) atoms. The number of carbonyl (C=O) groups excluding carboxylic acids is 1. The van der Waals surface area contributed by atoms with Crippen molar-refractivity contribution in [1.29, 1.82) is 0 Å². The molecule has 0 aliphatic heterocycles. The third kappa shape index (κ3) is 6.91. The molecule has 3 aromatic rings. The Balaban J connectivity index is 1.61. The molecule has 0 spiro atoms. The zero-order valence-electron chi connectivity index (χ0n) is 17.3. The number of halogens is 3. The predicted molar refractivity (Wildman–Crippen MR) is 116 cm³/mol. The van der Waals surface area contributed by atoms with Crippen LogP contribution in [0.15, 0.2) is 82.8 Å². The van der Waals surface area contributed by atoms with Crippen molar-refractivity contribution in [3.63, 3.8) is 0 Å². The van der Waals surface area contributed by atoms with Crippen molar-refractivity contribution in [2.45, 2.75) is 24.4 Å². The second-order valence-corrected chi connectivity index (χ2v) is 8.64. The molecule has 172 valence electrons. The van der Waals surface area contributed by atoms with Gasteiger partial charge in [-0.15, -0.1) is 0 Å². The van der Waals surface area contributed by atoms with Crippen LogP contribution >= 0.6 is 0 Å². The minimum Gasteiger partial charge on any atom is -0.379 e. The Labute approximate surface area is 188 Å². The lowest BCUT2D eigenvalue weighted by molar-refractivity contribution is -0.137. The van der Waals surface area contributed by atoms with Gasteiger partial charge in [0.1, 0.15) is 10.6 Å². The van der Waals surface area contributed by atoms with Crippen LogP contribution in [0.25, 0.3) is 0 Å². The Morgan fingerprint density at radius 2 is 1.73 bits per heavy atom. The first-order valence-electron chi connectivity index (χ1n) is 9.62. The summed E-state index contributed by atoms with van der Waals surface area (Å²) in [4.78, 5) is 12.0. The second kappa shape index (κ2) is 9.86. The molecule has 0 aromatic heterocycles. The van der Waals surface area contributed by atoms with Crippen molar-refractivity contribution >= 4 is 22.2 Å². The maximum atomic E-state index is 12.8. The van der Waals surface area contributed by atoms with E-state index in [1.807, 2.05) is 6.92 Å². The summed E-state index contributed by atoms with van der Waals surface area (Å²) in [6, 6.07) is 16.7. The summed E-state index contributed by atoms with van der Waals surface area (Å²) in [5.41, 5.74) is 2.92. The summed E-state index contributed by atoms with van der Waals surface area (Å²) in [5, 5.41) is 3.76. The summed E-state index contributed by atoms with van der Waals surface area (Å²) >= 11 is 0. The molecule has 0 atom stereocenters. The Kier molecular flexibility index (Phi) is 7.17. The fourth-order valence-corrected chi connectivity index (χ4v) is 3.71. The van der Waals surface area contributed by atoms with E-state index in [1.165, 1.54) is 42.6 Å². The van der Waals surface area contributed by atoms with Gasteiger partial charge in [0.05, 0.1) is 18.2 Å². The van der Waals surface area contributed by atoms with Gasteiger partial charge in [-0.05, 0) is 48.4 Å². The molecule has 3 rings (SSSR count). The van der Waals surface area contributed by atoms with E-state index >= 15 is 0 Å². The summed E-state index contributed by atoms with van der Waals surface area (Å²) in [6.45, 7) is 1.83. The standard InChI is InChI=1S/C23H19F3N2O4S/c1-16-8-10-21(11-9-16)33(30,31)32-20-7-3-5-18(13-20)15-27-28-22(29)14-17-4-2-6-19(12-17)23(24,25)26/h2-13,15H,14H2,1H3,(H,28,29)/b27-15-. The van der Waals surface area contributed by atoms with Gasteiger partial charge in [0, 0.05) is 0 Å². The SMILES string of the molecule is Cc1ccc(S(=O)(=O)Oc2cccc(/C=N\NC(=O)Cc3cccc(C(F)(F)F)c3)c2)cc1. The average Bonchev–Trinajstić information content (AvgIpc) is 2.73. The number of benzene rings is 3. The van der Waals surface area contributed by atoms with Crippen LogP contribution in [0.4, 0.5) is 13.2 Å². The number of alkyl halides is 3. The number of nitrogens with one attached hydrogen (secondary N) is 1. The van der Waals surface area contributed by atoms with Crippen molar-refractivity contribution in [3.05, 3.63) is 95.1 Å². The zero-order chi connectivity index (χ0) is 24.1. The van der Waals surface area contributed by atoms with Crippen LogP contribution in [0.1, 0.15) is 22.3 Å². The van der Waals surface area contributed by atoms with Gasteiger partial charge in [0.15, 0.2) is 0 Å². The molecule has 0 aliphatic carbocycles. The smallest absolute Gasteiger partial charge is 0.379 e. The van der Waals surface area contributed by atoms with E-state index in [0.29, 0.717) is 5.56 Å². The summed E-state index contributed by atoms with van der Waals surface area (Å²) < 4.78 is 68.3. The highest BCUT2D eigenvalue weighted by atomic mass is 32.2. The fourth-order valence-electron chi connectivity index (χ4n) is 2.79. The van der Waals surface area contributed by atoms with Crippen LogP contribution < -0.4 is 9.61 Å². The van der Waals surface area contributed by atoms with Gasteiger partial charge >= 0.3 is 16.3 Å². The molecule has 10 heteroatoms. The molecule has 0 unspecified atom stereocenters. The van der Waals surface area contributed by atoms with Crippen LogP contribution in [0.2, 0.25) is 0 Å². The van der Waals surface area contributed by atoms with Crippen molar-refractivity contribution in [2.75, 3.05) is 0 Å². The van der Waals surface area contributed by atoms with Crippen LogP contribution in [-0.2, 0) is 27.5 Å². The highest BCUT2D eigenvalue weighted by molar-refractivity contribution is 7.87. The minimum atomic E-state index is -4.50. The van der Waals surface area contributed by atoms with E-state index in [9.17, 15) is 26.4 Å². The van der Waals surface area contributed by atoms with Crippen molar-refractivity contribution < 1.29 is 30.6 Å². The lowest BCUT2D eigenvalue weighted by Gasteiger charge is -2.08. The van der Waals surface area contributed by atoms with E-state index in [-0.39, 0.29) is 22.6 Å². The van der Waals surface area contributed by atoms with Gasteiger partial charge in [0.2, 0.25) is 5.91 Å². The Morgan fingerprint density at radius 1 is 1.03 bits per heavy atom. The average molecular weight is 476 g/mol. The van der Waals surface area contributed by atoms with Gasteiger partial charge < -0.3 is 4.18 Å². The Hall–Kier alpha value is -3.66. The number of hydrogen-bond acceptors (Lipinski definition) is 5. The first kappa shape index (κ1) is 24.0. The first-order valence-corrected chi connectivity index (χ1v) is 11.0. The lowest BCUT2D eigenvalue weighted by atomic mass is 10.1. The number of hydrazone groups is 1. The second-order valence-electron chi connectivity index (χ2n) is 7.09. The number of hydrogen-bond donors (Lipinski definition) is 1. The molecule has 0 fully saturated rings. The summed E-state index contributed by atoms with van der Waals surface area (Å²) in [7, 11) is -4.02. The number of aryl methyl sites for hydroxylation is 1. The largest absolute Gasteiger partial charge is 0.416 e. The highest BCUT2D eigenvalue weighted by Gasteiger charge is 2.30. The van der Waals surface area contributed by atoms with Crippen molar-refractivity contribution in [3.8, 4) is 5.75 Å². The molecular weight excluding hydrogens is 457 g/mol. The van der Waals surface area contributed by atoms with Crippen LogP contribution in [0.5, 0.6) is 5.75 Å². The van der Waals surface area contributed by atoms with E-state index < -0.39 is 27.8 Å². The van der Waals surface area contributed by atoms with Gasteiger partial charge in [-0.2, -0.15) is 26.7 Å². The number of nitrogens with zero attached hydrogens (tertiary/aromatic N) is 1. The van der Waals surface area contributed by atoms with Gasteiger partial charge in [0.25, 0.3) is 0 Å². The van der Waals surface area contributed by atoms with Crippen LogP contribution in [-0.4, -0.2) is 20.5 Å². The quantitative estimate of drug-likeness (QED) is 0.310. The number of amides is 1. The number of rotatable bonds is 7. The number of carbonyl (C=O) groups is 1. The first-order chi connectivity index (χ1) is 15.5. The molecule has 0 heterocycles. The lowest BCUT2D eigenvalue weighted by Crippen LogP contribution is -2.20. The molecule has 0 saturated heterocycles. The van der Waals surface area contributed by atoms with Crippen LogP contribution in [0, 0.1) is 6.92 Å². The maximum absolute atomic E-state index is 12.8. The molecular formula is C23H19F3N2O4S. The summed E-state index contributed by atoms with van der Waals surface area (Å²) in [5.74, 6) is -0.560. The Morgan fingerprint density at radius 3 is 2.42 bits per heavy atom. The third-order valence-electron chi connectivity index (χ3n) is 4.40. The van der Waals surface area contributed by atoms with E-state index in [4.69, 9.17) is 4.18 Å². The van der Waals surface area contributed by atoms with Crippen molar-refractivity contribution in [1.82, 2.24) is 5.43 Å². The molecule has 0 radical (unpaired) electrons. The monoisotopic (exact) mass is 476 g/mol. The topological polar surface area (TPSA) is 84.8 Å². The minimum absolute atomic E-state index is 0.00836. The molecule has 6 nitrogen and oxygen atoms in total. The predicted octanol–water partition coefficient (Wildman–Crippen LogP) is 4.47. The fraction of sp³-hybridized carbons (Fsp3) is 0.130. The molecule has 3 aromatic carbocycles. The van der Waals surface area contributed by atoms with E-state index in [0.717, 1.165) is 17.7 Å². The van der Waals surface area contributed by atoms with E-state index in [1.54, 1.807) is 24.3 Å². The van der Waals surface area contributed by atoms with Gasteiger partial charge in [-0.1, -0.05) is 48.0 Å². The van der Waals surface area contributed by atoms with E-state index in [2.05, 4.69) is 10.5 Å². The Bertz CT molecular complexity index is 1270. The van der Waals surface area contributed by atoms with Crippen LogP contribution in [0.3, 0.4) is 0 Å². The molecule has 0 bridgehead atoms. The zero-order valence-corrected chi connectivity index (χ0v) is 18.2. The molecule has 1 N–H and O–H groups in total. The molecule has 0 saturated carbocycles. The maximum Gasteiger partial charge on any atom is 0.416 e. The molecule has 1 amide bonds. The summed E-state index contributed by atoms with van der Waals surface area (Å²) in [6.07, 6.45) is -3.53. The van der Waals surface area contributed by atoms with Gasteiger partial charge in [-0.25, -0.2) is 5.43 Å². The molecule has 0 aliphatic rings. The normalized spacial score (nSPS) is 12.0. The highest BCUT2D eigenvalue weighted by Crippen LogP contribution is 2.29. The van der Waals surface area contributed by atoms with Gasteiger partial charge in [-0.3, -0.25) is 4.79 Å².